The molecule has 1 saturated heterocycles. The van der Waals surface area contributed by atoms with Crippen LogP contribution in [0.3, 0.4) is 0 Å². The second-order valence-corrected chi connectivity index (χ2v) is 9.38. The summed E-state index contributed by atoms with van der Waals surface area (Å²) in [6, 6.07) is 4.59. The number of amides is 2. The standard InChI is InChI=1S/C19H27F2N3O5S/c1-14(2)13-29-19(26)24-9-3-8-23(10-11-24)12-17(25)22-15-4-6-16(7-5-15)30(27,28)18(20)21/h4-7,14,18H,3,8-13H2,1-2H3,(H,22,25). The molecular weight excluding hydrogens is 420 g/mol. The highest BCUT2D eigenvalue weighted by molar-refractivity contribution is 7.91. The molecule has 1 aliphatic heterocycles. The van der Waals surface area contributed by atoms with E-state index in [0.717, 1.165) is 12.1 Å². The first-order chi connectivity index (χ1) is 14.1. The van der Waals surface area contributed by atoms with Crippen molar-refractivity contribution < 1.29 is 31.5 Å². The van der Waals surface area contributed by atoms with Gasteiger partial charge in [-0.1, -0.05) is 13.8 Å². The van der Waals surface area contributed by atoms with E-state index in [1.165, 1.54) is 12.1 Å². The van der Waals surface area contributed by atoms with Gasteiger partial charge < -0.3 is 15.0 Å². The molecule has 1 N–H and O–H groups in total. The number of nitrogens with zero attached hydrogens (tertiary/aromatic N) is 2. The number of anilines is 1. The number of carbonyl (C=O) groups excluding carboxylic acids is 2. The number of hydrogen-bond donors (Lipinski definition) is 1. The van der Waals surface area contributed by atoms with Gasteiger partial charge in [-0.25, -0.2) is 13.2 Å². The maximum atomic E-state index is 12.6. The van der Waals surface area contributed by atoms with Crippen molar-refractivity contribution in [3.8, 4) is 0 Å². The van der Waals surface area contributed by atoms with Crippen LogP contribution in [-0.4, -0.2) is 75.3 Å². The highest BCUT2D eigenvalue weighted by Crippen LogP contribution is 2.20. The molecule has 168 valence electrons. The molecule has 8 nitrogen and oxygen atoms in total. The molecule has 30 heavy (non-hydrogen) atoms. The van der Waals surface area contributed by atoms with Gasteiger partial charge in [-0.2, -0.15) is 8.78 Å². The smallest absolute Gasteiger partial charge is 0.409 e. The third-order valence-electron chi connectivity index (χ3n) is 4.46. The predicted octanol–water partition coefficient (Wildman–Crippen LogP) is 2.42. The minimum absolute atomic E-state index is 0.0893. The number of nitrogens with one attached hydrogen (secondary N) is 1. The fraction of sp³-hybridized carbons (Fsp3) is 0.579. The summed E-state index contributed by atoms with van der Waals surface area (Å²) in [5.41, 5.74) is 0.307. The van der Waals surface area contributed by atoms with Crippen molar-refractivity contribution in [1.82, 2.24) is 9.80 Å². The fourth-order valence-electron chi connectivity index (χ4n) is 2.88. The Hall–Kier alpha value is -2.27. The van der Waals surface area contributed by atoms with Crippen molar-refractivity contribution in [3.63, 3.8) is 0 Å². The SMILES string of the molecule is CC(C)COC(=O)N1CCCN(CC(=O)Nc2ccc(S(=O)(=O)C(F)F)cc2)CC1. The number of sulfone groups is 1. The number of ether oxygens (including phenoxy) is 1. The highest BCUT2D eigenvalue weighted by atomic mass is 32.2. The molecule has 0 unspecified atom stereocenters. The van der Waals surface area contributed by atoms with Crippen LogP contribution in [-0.2, 0) is 19.4 Å². The van der Waals surface area contributed by atoms with Crippen LogP contribution in [0.25, 0.3) is 0 Å². The summed E-state index contributed by atoms with van der Waals surface area (Å²) < 4.78 is 53.2. The largest absolute Gasteiger partial charge is 0.449 e. The number of halogens is 2. The van der Waals surface area contributed by atoms with Crippen LogP contribution in [0.1, 0.15) is 20.3 Å². The lowest BCUT2D eigenvalue weighted by Gasteiger charge is -2.21. The molecule has 0 aliphatic carbocycles. The lowest BCUT2D eigenvalue weighted by Crippen LogP contribution is -2.38. The van der Waals surface area contributed by atoms with Gasteiger partial charge in [0.2, 0.25) is 15.7 Å². The van der Waals surface area contributed by atoms with Gasteiger partial charge in [0.25, 0.3) is 0 Å². The molecule has 0 radical (unpaired) electrons. The van der Waals surface area contributed by atoms with E-state index < -0.39 is 20.5 Å². The van der Waals surface area contributed by atoms with Gasteiger partial charge in [0.15, 0.2) is 0 Å². The van der Waals surface area contributed by atoms with Crippen molar-refractivity contribution in [3.05, 3.63) is 24.3 Å². The molecule has 1 aliphatic rings. The molecule has 0 spiro atoms. The first-order valence-electron chi connectivity index (χ1n) is 9.65. The normalized spacial score (nSPS) is 15.9. The Morgan fingerprint density at radius 3 is 2.37 bits per heavy atom. The Labute approximate surface area is 175 Å². The molecule has 11 heteroatoms. The van der Waals surface area contributed by atoms with Crippen LogP contribution < -0.4 is 5.32 Å². The van der Waals surface area contributed by atoms with Crippen LogP contribution in [0.5, 0.6) is 0 Å². The minimum atomic E-state index is -4.67. The number of carbonyl (C=O) groups is 2. The van der Waals surface area contributed by atoms with Crippen molar-refractivity contribution in [1.29, 1.82) is 0 Å². The van der Waals surface area contributed by atoms with Crippen molar-refractivity contribution >= 4 is 27.5 Å². The maximum Gasteiger partial charge on any atom is 0.409 e. The zero-order valence-electron chi connectivity index (χ0n) is 17.0. The number of benzene rings is 1. The molecular formula is C19H27F2N3O5S. The quantitative estimate of drug-likeness (QED) is 0.690. The summed E-state index contributed by atoms with van der Waals surface area (Å²) >= 11 is 0. The summed E-state index contributed by atoms with van der Waals surface area (Å²) in [4.78, 5) is 27.4. The van der Waals surface area contributed by atoms with Crippen molar-refractivity contribution in [2.24, 2.45) is 5.92 Å². The van der Waals surface area contributed by atoms with Crippen LogP contribution in [0, 0.1) is 5.92 Å². The topological polar surface area (TPSA) is 96.0 Å². The van der Waals surface area contributed by atoms with E-state index in [0.29, 0.717) is 44.9 Å². The maximum absolute atomic E-state index is 12.6. The number of alkyl halides is 2. The third-order valence-corrected chi connectivity index (χ3v) is 5.85. The molecule has 1 heterocycles. The molecule has 0 bridgehead atoms. The molecule has 2 amide bonds. The third kappa shape index (κ3) is 6.91. The first kappa shape index (κ1) is 24.0. The molecule has 0 aromatic heterocycles. The first-order valence-corrected chi connectivity index (χ1v) is 11.2. The Morgan fingerprint density at radius 2 is 1.77 bits per heavy atom. The molecule has 0 atom stereocenters. The van der Waals surface area contributed by atoms with E-state index in [4.69, 9.17) is 4.74 Å². The summed E-state index contributed by atoms with van der Waals surface area (Å²) in [5, 5.41) is 2.62. The van der Waals surface area contributed by atoms with Crippen LogP contribution >= 0.6 is 0 Å². The van der Waals surface area contributed by atoms with Gasteiger partial charge in [0, 0.05) is 31.9 Å². The molecule has 1 fully saturated rings. The lowest BCUT2D eigenvalue weighted by atomic mass is 10.2. The van der Waals surface area contributed by atoms with Gasteiger partial charge >= 0.3 is 11.9 Å². The fourth-order valence-corrected chi connectivity index (χ4v) is 3.60. The van der Waals surface area contributed by atoms with Gasteiger partial charge in [-0.05, 0) is 36.6 Å². The Morgan fingerprint density at radius 1 is 1.10 bits per heavy atom. The van der Waals surface area contributed by atoms with E-state index >= 15 is 0 Å². The van der Waals surface area contributed by atoms with E-state index in [1.54, 1.807) is 4.90 Å². The predicted molar refractivity (Wildman–Crippen MR) is 107 cm³/mol. The lowest BCUT2D eigenvalue weighted by molar-refractivity contribution is -0.117. The van der Waals surface area contributed by atoms with Crippen LogP contribution in [0.15, 0.2) is 29.2 Å². The Bertz CT molecular complexity index is 831. The van der Waals surface area contributed by atoms with E-state index in [1.807, 2.05) is 18.7 Å². The number of hydrogen-bond acceptors (Lipinski definition) is 6. The van der Waals surface area contributed by atoms with Crippen molar-refractivity contribution in [2.45, 2.75) is 30.9 Å². The monoisotopic (exact) mass is 447 g/mol. The van der Waals surface area contributed by atoms with Crippen LogP contribution in [0.4, 0.5) is 19.3 Å². The van der Waals surface area contributed by atoms with E-state index in [9.17, 15) is 26.8 Å². The Kier molecular flexibility index (Phi) is 8.54. The molecule has 1 aromatic carbocycles. The molecule has 0 saturated carbocycles. The average molecular weight is 448 g/mol. The molecule has 2 rings (SSSR count). The van der Waals surface area contributed by atoms with Gasteiger partial charge in [-0.3, -0.25) is 9.69 Å². The summed E-state index contributed by atoms with van der Waals surface area (Å²) in [7, 11) is -4.67. The summed E-state index contributed by atoms with van der Waals surface area (Å²) in [6.07, 6.45) is 0.346. The van der Waals surface area contributed by atoms with E-state index in [-0.39, 0.29) is 24.5 Å². The average Bonchev–Trinajstić information content (AvgIpc) is 2.92. The highest BCUT2D eigenvalue weighted by Gasteiger charge is 2.26. The van der Waals surface area contributed by atoms with Gasteiger partial charge in [-0.15, -0.1) is 0 Å². The second-order valence-electron chi connectivity index (χ2n) is 7.47. The van der Waals surface area contributed by atoms with Gasteiger partial charge in [0.05, 0.1) is 18.0 Å². The zero-order chi connectivity index (χ0) is 22.3. The van der Waals surface area contributed by atoms with Crippen LogP contribution in [0.2, 0.25) is 0 Å². The second kappa shape index (κ2) is 10.7. The zero-order valence-corrected chi connectivity index (χ0v) is 17.8. The summed E-state index contributed by atoms with van der Waals surface area (Å²) in [6.45, 7) is 6.51. The van der Waals surface area contributed by atoms with Gasteiger partial charge in [0.1, 0.15) is 0 Å². The Balaban J connectivity index is 1.84. The molecule has 1 aromatic rings. The van der Waals surface area contributed by atoms with E-state index in [2.05, 4.69) is 5.32 Å². The van der Waals surface area contributed by atoms with Crippen molar-refractivity contribution in [2.75, 3.05) is 44.6 Å². The number of rotatable bonds is 7. The summed E-state index contributed by atoms with van der Waals surface area (Å²) in [5.74, 6) is -3.57. The minimum Gasteiger partial charge on any atom is -0.449 e.